The van der Waals surface area contributed by atoms with Crippen LogP contribution in [0.4, 0.5) is 0 Å². The van der Waals surface area contributed by atoms with Gasteiger partial charge < -0.3 is 15.4 Å². The molecule has 0 aromatic carbocycles. The van der Waals surface area contributed by atoms with Crippen LogP contribution in [-0.2, 0) is 6.54 Å². The van der Waals surface area contributed by atoms with Crippen LogP contribution in [0.25, 0.3) is 11.0 Å². The molecule has 27 heavy (non-hydrogen) atoms. The number of piperidine rings is 1. The van der Waals surface area contributed by atoms with Gasteiger partial charge in [-0.2, -0.15) is 10.1 Å². The number of hydrogen-bond donors (Lipinski definition) is 2. The zero-order valence-corrected chi connectivity index (χ0v) is 15.6. The van der Waals surface area contributed by atoms with Crippen molar-refractivity contribution < 1.29 is 9.53 Å². The largest absolute Gasteiger partial charge is 0.473 e. The number of pyridine rings is 1. The van der Waals surface area contributed by atoms with E-state index in [0.29, 0.717) is 18.2 Å². The van der Waals surface area contributed by atoms with Gasteiger partial charge in [-0.25, -0.2) is 4.68 Å². The Morgan fingerprint density at radius 2 is 2.07 bits per heavy atom. The van der Waals surface area contributed by atoms with Crippen LogP contribution in [0.15, 0.2) is 24.3 Å². The number of carbonyl (C=O) groups is 1. The maximum atomic E-state index is 12.9. The van der Waals surface area contributed by atoms with Gasteiger partial charge in [0.05, 0.1) is 5.39 Å². The lowest BCUT2D eigenvalue weighted by Gasteiger charge is -2.23. The molecule has 0 atom stereocenters. The van der Waals surface area contributed by atoms with E-state index in [4.69, 9.17) is 4.74 Å². The Labute approximate surface area is 159 Å². The third-order valence-corrected chi connectivity index (χ3v) is 5.19. The number of allylic oxidation sites excluding steroid dienone is 1. The number of ether oxygens (including phenoxy) is 1. The van der Waals surface area contributed by atoms with Crippen LogP contribution in [0.5, 0.6) is 5.88 Å². The van der Waals surface area contributed by atoms with Gasteiger partial charge in [0.15, 0.2) is 11.3 Å². The van der Waals surface area contributed by atoms with Crippen molar-refractivity contribution in [3.63, 3.8) is 0 Å². The lowest BCUT2D eigenvalue weighted by molar-refractivity contribution is 0.0925. The van der Waals surface area contributed by atoms with Gasteiger partial charge in [0.25, 0.3) is 5.91 Å². The number of carbonyl (C=O) groups excluding carboxylic acids is 1. The summed E-state index contributed by atoms with van der Waals surface area (Å²) in [6.45, 7) is 3.15. The lowest BCUT2D eigenvalue weighted by atomic mass is 10.1. The summed E-state index contributed by atoms with van der Waals surface area (Å²) >= 11 is 0. The molecule has 2 N–H and O–H groups in total. The van der Waals surface area contributed by atoms with Crippen molar-refractivity contribution in [2.24, 2.45) is 0 Å². The average molecular weight is 369 g/mol. The number of nitrogens with one attached hydrogen (secondary N) is 2. The number of aryl methyl sites for hydroxylation is 1. The fourth-order valence-electron chi connectivity index (χ4n) is 3.68. The second kappa shape index (κ2) is 8.52. The minimum absolute atomic E-state index is 0.106. The van der Waals surface area contributed by atoms with Crippen molar-refractivity contribution in [2.45, 2.75) is 51.1 Å². The van der Waals surface area contributed by atoms with Crippen molar-refractivity contribution in [3.8, 4) is 5.88 Å². The number of fused-ring (bicyclic) bond motifs is 1. The van der Waals surface area contributed by atoms with Crippen LogP contribution in [0, 0.1) is 0 Å². The predicted octanol–water partition coefficient (Wildman–Crippen LogP) is 2.42. The Kier molecular flexibility index (Phi) is 5.67. The fraction of sp³-hybridized carbons (Fsp3) is 0.550. The molecule has 2 aliphatic heterocycles. The number of rotatable bonds is 2. The molecule has 2 aromatic rings. The summed E-state index contributed by atoms with van der Waals surface area (Å²) in [5.74, 6) is 0.461. The van der Waals surface area contributed by atoms with Gasteiger partial charge >= 0.3 is 0 Å². The molecular formula is C20H27N5O2. The number of hydrogen-bond acceptors (Lipinski definition) is 5. The van der Waals surface area contributed by atoms with Crippen molar-refractivity contribution in [2.75, 3.05) is 19.7 Å². The molecule has 1 fully saturated rings. The van der Waals surface area contributed by atoms with Gasteiger partial charge in [0.1, 0.15) is 6.61 Å². The van der Waals surface area contributed by atoms with E-state index >= 15 is 0 Å². The number of nitrogens with zero attached hydrogens (tertiary/aromatic N) is 3. The highest BCUT2D eigenvalue weighted by Crippen LogP contribution is 2.22. The predicted molar refractivity (Wildman–Crippen MR) is 104 cm³/mol. The van der Waals surface area contributed by atoms with Gasteiger partial charge in [-0.3, -0.25) is 4.79 Å². The molecule has 144 valence electrons. The van der Waals surface area contributed by atoms with E-state index in [1.165, 1.54) is 0 Å². The molecule has 0 spiro atoms. The van der Waals surface area contributed by atoms with Crippen LogP contribution in [-0.4, -0.2) is 46.4 Å². The molecule has 4 rings (SSSR count). The first-order valence-electron chi connectivity index (χ1n) is 9.98. The molecule has 0 saturated carbocycles. The molecule has 2 aliphatic rings. The molecule has 0 radical (unpaired) electrons. The summed E-state index contributed by atoms with van der Waals surface area (Å²) in [6, 6.07) is 3.93. The van der Waals surface area contributed by atoms with E-state index in [1.54, 1.807) is 0 Å². The van der Waals surface area contributed by atoms with E-state index in [9.17, 15) is 4.79 Å². The van der Waals surface area contributed by atoms with E-state index in [2.05, 4.69) is 26.8 Å². The molecule has 1 amide bonds. The third-order valence-electron chi connectivity index (χ3n) is 5.19. The summed E-state index contributed by atoms with van der Waals surface area (Å²) in [6.07, 6.45) is 10.5. The molecule has 1 saturated heterocycles. The monoisotopic (exact) mass is 369 g/mol. The summed E-state index contributed by atoms with van der Waals surface area (Å²) in [7, 11) is 0. The molecular weight excluding hydrogens is 342 g/mol. The van der Waals surface area contributed by atoms with Gasteiger partial charge in [-0.15, -0.1) is 0 Å². The van der Waals surface area contributed by atoms with E-state index in [-0.39, 0.29) is 11.9 Å². The topological polar surface area (TPSA) is 81.1 Å². The Balaban J connectivity index is 1.62. The fourth-order valence-corrected chi connectivity index (χ4v) is 3.68. The van der Waals surface area contributed by atoms with E-state index < -0.39 is 0 Å². The maximum absolute atomic E-state index is 12.9. The minimum Gasteiger partial charge on any atom is -0.473 e. The second-order valence-electron chi connectivity index (χ2n) is 7.22. The van der Waals surface area contributed by atoms with Crippen LogP contribution >= 0.6 is 0 Å². The molecule has 0 aliphatic carbocycles. The highest BCUT2D eigenvalue weighted by atomic mass is 16.5. The van der Waals surface area contributed by atoms with Crippen LogP contribution < -0.4 is 15.4 Å². The molecule has 2 aromatic heterocycles. The summed E-state index contributed by atoms with van der Waals surface area (Å²) in [4.78, 5) is 17.5. The van der Waals surface area contributed by atoms with Crippen molar-refractivity contribution in [3.05, 3.63) is 30.0 Å². The van der Waals surface area contributed by atoms with Crippen LogP contribution in [0.1, 0.15) is 49.0 Å². The Bertz CT molecular complexity index is 823. The van der Waals surface area contributed by atoms with Crippen molar-refractivity contribution in [1.29, 1.82) is 0 Å². The second-order valence-corrected chi connectivity index (χ2v) is 7.22. The van der Waals surface area contributed by atoms with E-state index in [0.717, 1.165) is 69.2 Å². The van der Waals surface area contributed by atoms with Crippen molar-refractivity contribution >= 4 is 16.9 Å². The smallest absolute Gasteiger partial charge is 0.272 e. The third kappa shape index (κ3) is 4.30. The first-order valence-corrected chi connectivity index (χ1v) is 9.98. The SMILES string of the molecule is O=C(NC1CCNCC1)c1nn2c3nc(ccc13)OCC=CCCCCC2. The van der Waals surface area contributed by atoms with E-state index in [1.807, 2.05) is 22.9 Å². The zero-order valence-electron chi connectivity index (χ0n) is 15.6. The molecule has 0 unspecified atom stereocenters. The Hall–Kier alpha value is -2.41. The summed E-state index contributed by atoms with van der Waals surface area (Å²) in [5.41, 5.74) is 1.20. The highest BCUT2D eigenvalue weighted by Gasteiger charge is 2.22. The normalized spacial score (nSPS) is 19.1. The zero-order chi connectivity index (χ0) is 18.5. The van der Waals surface area contributed by atoms with Gasteiger partial charge in [0, 0.05) is 18.7 Å². The molecule has 4 heterocycles. The van der Waals surface area contributed by atoms with Crippen LogP contribution in [0.2, 0.25) is 0 Å². The molecule has 7 nitrogen and oxygen atoms in total. The number of amides is 1. The Morgan fingerprint density at radius 3 is 2.96 bits per heavy atom. The first kappa shape index (κ1) is 18.0. The number of aromatic nitrogens is 3. The maximum Gasteiger partial charge on any atom is 0.272 e. The molecule has 7 heteroatoms. The highest BCUT2D eigenvalue weighted by molar-refractivity contribution is 6.04. The van der Waals surface area contributed by atoms with Gasteiger partial charge in [-0.1, -0.05) is 18.6 Å². The molecule has 2 bridgehead atoms. The van der Waals surface area contributed by atoms with Gasteiger partial charge in [0.2, 0.25) is 5.88 Å². The minimum atomic E-state index is -0.106. The Morgan fingerprint density at radius 1 is 1.19 bits per heavy atom. The lowest BCUT2D eigenvalue weighted by Crippen LogP contribution is -2.42. The first-order chi connectivity index (χ1) is 13.3. The standard InChI is InChI=1S/C20H27N5O2/c26-20(22-15-9-11-21-12-10-15)18-16-7-8-17-23-19(16)25(24-18)13-5-3-1-2-4-6-14-27-17/h4,6-8,15,21H,1-3,5,9-14H2,(H,22,26). The van der Waals surface area contributed by atoms with Crippen LogP contribution in [0.3, 0.4) is 0 Å². The average Bonchev–Trinajstić information content (AvgIpc) is 3.05. The van der Waals surface area contributed by atoms with Gasteiger partial charge in [-0.05, 0) is 51.3 Å². The van der Waals surface area contributed by atoms with Crippen molar-refractivity contribution in [1.82, 2.24) is 25.4 Å². The summed E-state index contributed by atoms with van der Waals surface area (Å²) in [5, 5.41) is 11.9. The summed E-state index contributed by atoms with van der Waals surface area (Å²) < 4.78 is 7.59. The quantitative estimate of drug-likeness (QED) is 0.795.